The van der Waals surface area contributed by atoms with E-state index in [1.54, 1.807) is 0 Å². The number of rotatable bonds is 7. The molecule has 0 aliphatic rings. The summed E-state index contributed by atoms with van der Waals surface area (Å²) in [6, 6.07) is 0. The van der Waals surface area contributed by atoms with E-state index in [1.807, 2.05) is 6.92 Å². The molecule has 1 atom stereocenters. The summed E-state index contributed by atoms with van der Waals surface area (Å²) in [7, 11) is 0. The van der Waals surface area contributed by atoms with Gasteiger partial charge in [0.15, 0.2) is 0 Å². The fraction of sp³-hybridized carbons (Fsp3) is 0.917. The lowest BCUT2D eigenvalue weighted by Gasteiger charge is -2.27. The molecule has 0 aliphatic carbocycles. The van der Waals surface area contributed by atoms with Gasteiger partial charge < -0.3 is 10.5 Å². The number of esters is 1. The van der Waals surface area contributed by atoms with Crippen LogP contribution >= 0.6 is 0 Å². The Hall–Kier alpha value is -0.570. The average molecular weight is 215 g/mol. The van der Waals surface area contributed by atoms with Crippen molar-refractivity contribution in [1.29, 1.82) is 0 Å². The van der Waals surface area contributed by atoms with Crippen molar-refractivity contribution in [2.24, 2.45) is 17.1 Å². The van der Waals surface area contributed by atoms with Gasteiger partial charge >= 0.3 is 5.97 Å². The zero-order chi connectivity index (χ0) is 11.9. The van der Waals surface area contributed by atoms with Crippen LogP contribution in [0.2, 0.25) is 0 Å². The van der Waals surface area contributed by atoms with Crippen molar-refractivity contribution < 1.29 is 9.53 Å². The third-order valence-electron chi connectivity index (χ3n) is 2.63. The van der Waals surface area contributed by atoms with E-state index in [1.165, 1.54) is 0 Å². The molecule has 0 aromatic heterocycles. The van der Waals surface area contributed by atoms with E-state index in [0.717, 1.165) is 19.3 Å². The van der Waals surface area contributed by atoms with E-state index in [0.29, 0.717) is 13.2 Å². The second-order valence-corrected chi connectivity index (χ2v) is 4.80. The van der Waals surface area contributed by atoms with Gasteiger partial charge in [0.1, 0.15) is 0 Å². The highest BCUT2D eigenvalue weighted by Crippen LogP contribution is 2.30. The van der Waals surface area contributed by atoms with Gasteiger partial charge in [0, 0.05) is 6.54 Å². The zero-order valence-corrected chi connectivity index (χ0v) is 10.5. The molecule has 0 saturated carbocycles. The fourth-order valence-corrected chi connectivity index (χ4v) is 1.97. The maximum absolute atomic E-state index is 11.6. The van der Waals surface area contributed by atoms with E-state index in [2.05, 4.69) is 20.8 Å². The fourth-order valence-electron chi connectivity index (χ4n) is 1.97. The van der Waals surface area contributed by atoms with Crippen molar-refractivity contribution in [3.63, 3.8) is 0 Å². The molecule has 0 aromatic rings. The molecule has 0 spiro atoms. The van der Waals surface area contributed by atoms with Gasteiger partial charge in [0.05, 0.1) is 12.5 Å². The summed E-state index contributed by atoms with van der Waals surface area (Å²) >= 11 is 0. The van der Waals surface area contributed by atoms with Crippen LogP contribution in [0.4, 0.5) is 0 Å². The Labute approximate surface area is 93.4 Å². The van der Waals surface area contributed by atoms with Gasteiger partial charge in [-0.05, 0) is 25.2 Å². The lowest BCUT2D eigenvalue weighted by Crippen LogP contribution is -2.30. The van der Waals surface area contributed by atoms with Crippen molar-refractivity contribution in [2.45, 2.75) is 47.0 Å². The molecule has 2 N–H and O–H groups in total. The molecule has 0 aromatic carbocycles. The van der Waals surface area contributed by atoms with Gasteiger partial charge in [-0.1, -0.05) is 27.2 Å². The minimum Gasteiger partial charge on any atom is -0.466 e. The van der Waals surface area contributed by atoms with Crippen LogP contribution in [0, 0.1) is 11.3 Å². The molecule has 0 bridgehead atoms. The summed E-state index contributed by atoms with van der Waals surface area (Å²) in [6.45, 7) is 9.15. The first-order valence-corrected chi connectivity index (χ1v) is 5.83. The Morgan fingerprint density at radius 2 is 2.00 bits per heavy atom. The van der Waals surface area contributed by atoms with Crippen LogP contribution in [0.15, 0.2) is 0 Å². The van der Waals surface area contributed by atoms with Crippen LogP contribution in [0.1, 0.15) is 47.0 Å². The maximum atomic E-state index is 11.6. The molecule has 0 aliphatic heterocycles. The number of hydrogen-bond donors (Lipinski definition) is 1. The van der Waals surface area contributed by atoms with Crippen molar-refractivity contribution in [3.8, 4) is 0 Å². The van der Waals surface area contributed by atoms with E-state index < -0.39 is 0 Å². The summed E-state index contributed by atoms with van der Waals surface area (Å²) < 4.78 is 5.00. The average Bonchev–Trinajstić information content (AvgIpc) is 2.14. The molecule has 3 nitrogen and oxygen atoms in total. The summed E-state index contributed by atoms with van der Waals surface area (Å²) in [5.41, 5.74) is 5.78. The summed E-state index contributed by atoms with van der Waals surface area (Å²) in [5, 5.41) is 0. The second-order valence-electron chi connectivity index (χ2n) is 4.80. The Balaban J connectivity index is 4.25. The van der Waals surface area contributed by atoms with Gasteiger partial charge in [-0.2, -0.15) is 0 Å². The van der Waals surface area contributed by atoms with Crippen LogP contribution < -0.4 is 5.73 Å². The van der Waals surface area contributed by atoms with Crippen LogP contribution in [0.3, 0.4) is 0 Å². The van der Waals surface area contributed by atoms with E-state index >= 15 is 0 Å². The van der Waals surface area contributed by atoms with Gasteiger partial charge in [0.2, 0.25) is 0 Å². The SMILES string of the molecule is CCCC(C)(C)CC(CN)C(=O)OCC. The predicted molar refractivity (Wildman–Crippen MR) is 62.5 cm³/mol. The van der Waals surface area contributed by atoms with E-state index in [-0.39, 0.29) is 17.3 Å². The first-order chi connectivity index (χ1) is 6.96. The molecular formula is C12H25NO2. The van der Waals surface area contributed by atoms with Crippen molar-refractivity contribution in [2.75, 3.05) is 13.2 Å². The van der Waals surface area contributed by atoms with Crippen LogP contribution in [-0.2, 0) is 9.53 Å². The molecule has 90 valence electrons. The highest BCUT2D eigenvalue weighted by atomic mass is 16.5. The quantitative estimate of drug-likeness (QED) is 0.663. The standard InChI is InChI=1S/C12H25NO2/c1-5-7-12(3,4)8-10(9-13)11(14)15-6-2/h10H,5-9,13H2,1-4H3. The van der Waals surface area contributed by atoms with Gasteiger partial charge in [-0.25, -0.2) is 0 Å². The highest BCUT2D eigenvalue weighted by molar-refractivity contribution is 5.72. The molecular weight excluding hydrogens is 190 g/mol. The van der Waals surface area contributed by atoms with E-state index in [4.69, 9.17) is 10.5 Å². The predicted octanol–water partition coefficient (Wildman–Crippen LogP) is 2.34. The third kappa shape index (κ3) is 5.78. The summed E-state index contributed by atoms with van der Waals surface area (Å²) in [5.74, 6) is -0.296. The third-order valence-corrected chi connectivity index (χ3v) is 2.63. The van der Waals surface area contributed by atoms with Crippen LogP contribution in [0.25, 0.3) is 0 Å². The monoisotopic (exact) mass is 215 g/mol. The topological polar surface area (TPSA) is 52.3 Å². The largest absolute Gasteiger partial charge is 0.466 e. The van der Waals surface area contributed by atoms with Crippen LogP contribution in [-0.4, -0.2) is 19.1 Å². The molecule has 15 heavy (non-hydrogen) atoms. The molecule has 0 heterocycles. The molecule has 0 rings (SSSR count). The normalized spacial score (nSPS) is 13.7. The smallest absolute Gasteiger partial charge is 0.310 e. The molecule has 0 saturated heterocycles. The molecule has 1 unspecified atom stereocenters. The molecule has 0 fully saturated rings. The molecule has 3 heteroatoms. The lowest BCUT2D eigenvalue weighted by molar-refractivity contribution is -0.148. The zero-order valence-electron chi connectivity index (χ0n) is 10.5. The first kappa shape index (κ1) is 14.4. The summed E-state index contributed by atoms with van der Waals surface area (Å²) in [4.78, 5) is 11.6. The Kier molecular flexibility index (Phi) is 6.57. The van der Waals surface area contributed by atoms with Crippen molar-refractivity contribution in [3.05, 3.63) is 0 Å². The molecule has 0 amide bonds. The minimum atomic E-state index is -0.149. The van der Waals surface area contributed by atoms with Crippen molar-refractivity contribution >= 4 is 5.97 Å². The number of nitrogens with two attached hydrogens (primary N) is 1. The van der Waals surface area contributed by atoms with Crippen LogP contribution in [0.5, 0.6) is 0 Å². The van der Waals surface area contributed by atoms with E-state index in [9.17, 15) is 4.79 Å². The first-order valence-electron chi connectivity index (χ1n) is 5.83. The Bertz CT molecular complexity index is 190. The number of carbonyl (C=O) groups excluding carboxylic acids is 1. The van der Waals surface area contributed by atoms with Gasteiger partial charge in [0.25, 0.3) is 0 Å². The lowest BCUT2D eigenvalue weighted by atomic mass is 9.79. The molecule has 0 radical (unpaired) electrons. The Morgan fingerprint density at radius 1 is 1.40 bits per heavy atom. The van der Waals surface area contributed by atoms with Gasteiger partial charge in [-0.15, -0.1) is 0 Å². The second kappa shape index (κ2) is 6.83. The number of hydrogen-bond acceptors (Lipinski definition) is 3. The minimum absolute atomic E-state index is 0.147. The number of ether oxygens (including phenoxy) is 1. The maximum Gasteiger partial charge on any atom is 0.310 e. The number of carbonyl (C=O) groups is 1. The highest BCUT2D eigenvalue weighted by Gasteiger charge is 2.27. The summed E-state index contributed by atoms with van der Waals surface area (Å²) in [6.07, 6.45) is 3.06. The van der Waals surface area contributed by atoms with Gasteiger partial charge in [-0.3, -0.25) is 4.79 Å². The van der Waals surface area contributed by atoms with Crippen molar-refractivity contribution in [1.82, 2.24) is 0 Å². The Morgan fingerprint density at radius 3 is 2.40 bits per heavy atom.